The first-order valence-electron chi connectivity index (χ1n) is 8.15. The summed E-state index contributed by atoms with van der Waals surface area (Å²) < 4.78 is 1.06. The third kappa shape index (κ3) is 4.50. The molecule has 126 valence electrons. The first-order chi connectivity index (χ1) is 11.0. The molecule has 3 aliphatic rings. The minimum atomic E-state index is -0.731. The van der Waals surface area contributed by atoms with Gasteiger partial charge in [-0.3, -0.25) is 4.79 Å². The lowest BCUT2D eigenvalue weighted by molar-refractivity contribution is -0.129. The van der Waals surface area contributed by atoms with Crippen molar-refractivity contribution in [1.29, 1.82) is 0 Å². The Hall–Kier alpha value is -0.560. The van der Waals surface area contributed by atoms with Gasteiger partial charge in [-0.05, 0) is 56.1 Å². The maximum atomic E-state index is 12.0. The SMILES string of the molecule is O=C(CCSc1ccc(Br)cc1)NCC1(O)CN2CCC1CC2. The lowest BCUT2D eigenvalue weighted by Crippen LogP contribution is -2.63. The van der Waals surface area contributed by atoms with E-state index in [0.717, 1.165) is 41.1 Å². The summed E-state index contributed by atoms with van der Waals surface area (Å²) in [7, 11) is 0. The van der Waals surface area contributed by atoms with Crippen LogP contribution in [-0.2, 0) is 4.79 Å². The average molecular weight is 399 g/mol. The van der Waals surface area contributed by atoms with E-state index in [1.165, 1.54) is 0 Å². The highest BCUT2D eigenvalue weighted by Crippen LogP contribution is 2.35. The molecule has 2 bridgehead atoms. The number of nitrogens with one attached hydrogen (secondary N) is 1. The molecule has 1 amide bonds. The summed E-state index contributed by atoms with van der Waals surface area (Å²) in [4.78, 5) is 15.5. The molecular weight excluding hydrogens is 376 g/mol. The van der Waals surface area contributed by atoms with E-state index in [-0.39, 0.29) is 5.91 Å². The van der Waals surface area contributed by atoms with E-state index in [0.29, 0.717) is 25.4 Å². The minimum Gasteiger partial charge on any atom is -0.386 e. The van der Waals surface area contributed by atoms with Gasteiger partial charge in [0.1, 0.15) is 0 Å². The molecule has 0 aromatic heterocycles. The van der Waals surface area contributed by atoms with Crippen molar-refractivity contribution >= 4 is 33.6 Å². The molecule has 23 heavy (non-hydrogen) atoms. The van der Waals surface area contributed by atoms with E-state index in [1.807, 2.05) is 24.3 Å². The van der Waals surface area contributed by atoms with Gasteiger partial charge >= 0.3 is 0 Å². The van der Waals surface area contributed by atoms with Crippen molar-refractivity contribution in [3.05, 3.63) is 28.7 Å². The van der Waals surface area contributed by atoms with E-state index in [9.17, 15) is 9.90 Å². The minimum absolute atomic E-state index is 0.0273. The standard InChI is InChI=1S/C17H23BrN2O2S/c18-14-1-3-15(4-2-14)23-10-7-16(21)19-11-17(22)12-20-8-5-13(17)6-9-20/h1-4,13,22H,5-12H2,(H,19,21). The second-order valence-electron chi connectivity index (χ2n) is 6.48. The van der Waals surface area contributed by atoms with Crippen molar-refractivity contribution in [2.75, 3.05) is 31.9 Å². The molecule has 1 atom stereocenters. The van der Waals surface area contributed by atoms with Crippen molar-refractivity contribution in [3.8, 4) is 0 Å². The van der Waals surface area contributed by atoms with Gasteiger partial charge in [0.05, 0.1) is 5.60 Å². The van der Waals surface area contributed by atoms with E-state index in [2.05, 4.69) is 26.1 Å². The third-order valence-corrected chi connectivity index (χ3v) is 6.39. The zero-order chi connectivity index (χ0) is 16.3. The Morgan fingerprint density at radius 3 is 2.65 bits per heavy atom. The first kappa shape index (κ1) is 17.3. The highest BCUT2D eigenvalue weighted by molar-refractivity contribution is 9.10. The number of nitrogens with zero attached hydrogens (tertiary/aromatic N) is 1. The second-order valence-corrected chi connectivity index (χ2v) is 8.57. The van der Waals surface area contributed by atoms with Gasteiger partial charge in [-0.1, -0.05) is 15.9 Å². The molecular formula is C17H23BrN2O2S. The fourth-order valence-electron chi connectivity index (χ4n) is 3.48. The summed E-state index contributed by atoms with van der Waals surface area (Å²) in [6, 6.07) is 8.10. The quantitative estimate of drug-likeness (QED) is 0.722. The number of rotatable bonds is 6. The van der Waals surface area contributed by atoms with Crippen LogP contribution in [0.4, 0.5) is 0 Å². The fourth-order valence-corrected chi connectivity index (χ4v) is 4.59. The Balaban J connectivity index is 1.39. The van der Waals surface area contributed by atoms with Crippen LogP contribution >= 0.6 is 27.7 Å². The molecule has 1 aromatic carbocycles. The summed E-state index contributed by atoms with van der Waals surface area (Å²) in [5.41, 5.74) is -0.731. The van der Waals surface area contributed by atoms with Gasteiger partial charge in [-0.25, -0.2) is 0 Å². The lowest BCUT2D eigenvalue weighted by atomic mass is 9.75. The van der Waals surface area contributed by atoms with Crippen molar-refractivity contribution in [1.82, 2.24) is 10.2 Å². The van der Waals surface area contributed by atoms with Gasteiger partial charge in [0.2, 0.25) is 5.91 Å². The molecule has 0 radical (unpaired) electrons. The highest BCUT2D eigenvalue weighted by atomic mass is 79.9. The predicted octanol–water partition coefficient (Wildman–Crippen LogP) is 2.50. The highest BCUT2D eigenvalue weighted by Gasteiger charge is 2.45. The van der Waals surface area contributed by atoms with Gasteiger partial charge in [0.25, 0.3) is 0 Å². The van der Waals surface area contributed by atoms with E-state index >= 15 is 0 Å². The van der Waals surface area contributed by atoms with Crippen molar-refractivity contribution < 1.29 is 9.90 Å². The zero-order valence-corrected chi connectivity index (χ0v) is 15.5. The molecule has 4 nitrogen and oxygen atoms in total. The Morgan fingerprint density at radius 1 is 1.35 bits per heavy atom. The monoisotopic (exact) mass is 398 g/mol. The summed E-state index contributed by atoms with van der Waals surface area (Å²) in [5, 5.41) is 13.7. The molecule has 3 heterocycles. The van der Waals surface area contributed by atoms with Crippen LogP contribution < -0.4 is 5.32 Å². The van der Waals surface area contributed by atoms with E-state index < -0.39 is 5.60 Å². The van der Waals surface area contributed by atoms with Crippen molar-refractivity contribution in [2.45, 2.75) is 29.8 Å². The van der Waals surface area contributed by atoms with Crippen LogP contribution in [0.25, 0.3) is 0 Å². The normalized spacial score (nSPS) is 29.5. The average Bonchev–Trinajstić information content (AvgIpc) is 2.56. The molecule has 3 fully saturated rings. The number of thioether (sulfide) groups is 1. The number of fused-ring (bicyclic) bond motifs is 3. The molecule has 0 aliphatic carbocycles. The number of piperidine rings is 3. The summed E-state index contributed by atoms with van der Waals surface area (Å²) in [6.07, 6.45) is 2.57. The summed E-state index contributed by atoms with van der Waals surface area (Å²) >= 11 is 5.09. The number of hydrogen-bond acceptors (Lipinski definition) is 4. The van der Waals surface area contributed by atoms with E-state index in [1.54, 1.807) is 11.8 Å². The number of aliphatic hydroxyl groups is 1. The Bertz CT molecular complexity index is 546. The Kier molecular flexibility index (Phi) is 5.67. The van der Waals surface area contributed by atoms with Crippen LogP contribution in [0.15, 0.2) is 33.6 Å². The van der Waals surface area contributed by atoms with Gasteiger partial charge in [0, 0.05) is 34.6 Å². The third-order valence-electron chi connectivity index (χ3n) is 4.85. The first-order valence-corrected chi connectivity index (χ1v) is 9.93. The van der Waals surface area contributed by atoms with Gasteiger partial charge in [-0.15, -0.1) is 11.8 Å². The Morgan fingerprint density at radius 2 is 2.04 bits per heavy atom. The van der Waals surface area contributed by atoms with Gasteiger partial charge in [-0.2, -0.15) is 0 Å². The molecule has 4 rings (SSSR count). The molecule has 3 saturated heterocycles. The maximum Gasteiger partial charge on any atom is 0.220 e. The van der Waals surface area contributed by atoms with Crippen molar-refractivity contribution in [3.63, 3.8) is 0 Å². The fraction of sp³-hybridized carbons (Fsp3) is 0.588. The summed E-state index contributed by atoms with van der Waals surface area (Å²) in [5.74, 6) is 1.12. The van der Waals surface area contributed by atoms with Crippen molar-refractivity contribution in [2.24, 2.45) is 5.92 Å². The maximum absolute atomic E-state index is 12.0. The van der Waals surface area contributed by atoms with Crippen LogP contribution in [-0.4, -0.2) is 53.4 Å². The molecule has 0 spiro atoms. The number of carbonyl (C=O) groups excluding carboxylic acids is 1. The van der Waals surface area contributed by atoms with Crippen LogP contribution in [0, 0.1) is 5.92 Å². The van der Waals surface area contributed by atoms with Crippen LogP contribution in [0.1, 0.15) is 19.3 Å². The van der Waals surface area contributed by atoms with E-state index in [4.69, 9.17) is 0 Å². The zero-order valence-electron chi connectivity index (χ0n) is 13.1. The molecule has 6 heteroatoms. The van der Waals surface area contributed by atoms with Crippen LogP contribution in [0.3, 0.4) is 0 Å². The second kappa shape index (κ2) is 7.55. The smallest absolute Gasteiger partial charge is 0.220 e. The molecule has 0 saturated carbocycles. The number of amides is 1. The molecule has 1 unspecified atom stereocenters. The lowest BCUT2D eigenvalue weighted by Gasteiger charge is -2.50. The van der Waals surface area contributed by atoms with Crippen LogP contribution in [0.5, 0.6) is 0 Å². The largest absolute Gasteiger partial charge is 0.386 e. The number of carbonyl (C=O) groups is 1. The van der Waals surface area contributed by atoms with Gasteiger partial charge < -0.3 is 15.3 Å². The molecule has 2 N–H and O–H groups in total. The molecule has 3 aliphatic heterocycles. The number of halogens is 1. The summed E-state index contributed by atoms with van der Waals surface area (Å²) in [6.45, 7) is 3.26. The Labute approximate surface area is 150 Å². The van der Waals surface area contributed by atoms with Gasteiger partial charge in [0.15, 0.2) is 0 Å². The van der Waals surface area contributed by atoms with Crippen LogP contribution in [0.2, 0.25) is 0 Å². The topological polar surface area (TPSA) is 52.6 Å². The molecule has 1 aromatic rings. The number of benzene rings is 1. The number of hydrogen-bond donors (Lipinski definition) is 2. The predicted molar refractivity (Wildman–Crippen MR) is 96.6 cm³/mol.